The summed E-state index contributed by atoms with van der Waals surface area (Å²) in [5.74, 6) is -0.244. The van der Waals surface area contributed by atoms with Gasteiger partial charge in [-0.15, -0.1) is 0 Å². The lowest BCUT2D eigenvalue weighted by Crippen LogP contribution is -2.46. The number of hydrogen-bond acceptors (Lipinski definition) is 7. The monoisotopic (exact) mass is 471 g/mol. The van der Waals surface area contributed by atoms with E-state index in [1.54, 1.807) is 12.1 Å². The summed E-state index contributed by atoms with van der Waals surface area (Å²) in [6.07, 6.45) is 1.29. The van der Waals surface area contributed by atoms with Crippen LogP contribution >= 0.6 is 0 Å². The van der Waals surface area contributed by atoms with Gasteiger partial charge in [-0.3, -0.25) is 0 Å². The lowest BCUT2D eigenvalue weighted by molar-refractivity contribution is 0.271. The number of nitrogens with zero attached hydrogens (tertiary/aromatic N) is 5. The quantitative estimate of drug-likeness (QED) is 0.411. The third kappa shape index (κ3) is 4.61. The maximum absolute atomic E-state index is 15.0. The van der Waals surface area contributed by atoms with Crippen LogP contribution in [0, 0.1) is 24.1 Å². The van der Waals surface area contributed by atoms with Crippen molar-refractivity contribution in [3.8, 4) is 17.7 Å². The topological polar surface area (TPSA) is 93.1 Å². The van der Waals surface area contributed by atoms with Gasteiger partial charge in [-0.1, -0.05) is 6.92 Å². The van der Waals surface area contributed by atoms with Gasteiger partial charge >= 0.3 is 0 Å². The minimum atomic E-state index is -0.515. The molecule has 8 nitrogen and oxygen atoms in total. The molecular formula is C26H26FN7O. The number of likely N-dealkylation sites (N-methyl/N-ethyl adjacent to an activating group) is 1. The van der Waals surface area contributed by atoms with Crippen molar-refractivity contribution in [2.75, 3.05) is 42.9 Å². The van der Waals surface area contributed by atoms with Gasteiger partial charge in [0.15, 0.2) is 22.9 Å². The molecule has 2 aromatic carbocycles. The Hall–Kier alpha value is -4.16. The molecule has 3 heterocycles. The molecule has 1 aliphatic heterocycles. The number of aromatic amines is 1. The predicted molar refractivity (Wildman–Crippen MR) is 134 cm³/mol. The number of hydrogen-bond donors (Lipinski definition) is 2. The summed E-state index contributed by atoms with van der Waals surface area (Å²) in [7, 11) is 0. The van der Waals surface area contributed by atoms with Gasteiger partial charge in [0.05, 0.1) is 0 Å². The van der Waals surface area contributed by atoms with Crippen LogP contribution in [0.3, 0.4) is 0 Å². The summed E-state index contributed by atoms with van der Waals surface area (Å²) in [6, 6.07) is 15.1. The fourth-order valence-electron chi connectivity index (χ4n) is 4.33. The van der Waals surface area contributed by atoms with Crippen molar-refractivity contribution in [1.29, 1.82) is 5.26 Å². The van der Waals surface area contributed by atoms with E-state index in [9.17, 15) is 9.65 Å². The number of aromatic nitrogens is 3. The number of ether oxygens (including phenoxy) is 1. The smallest absolute Gasteiger partial charge is 0.242 e. The predicted octanol–water partition coefficient (Wildman–Crippen LogP) is 4.95. The molecule has 178 valence electrons. The zero-order chi connectivity index (χ0) is 24.4. The molecule has 0 radical (unpaired) electrons. The minimum absolute atomic E-state index is 0.00910. The molecular weight excluding hydrogens is 445 g/mol. The van der Waals surface area contributed by atoms with Crippen molar-refractivity contribution < 1.29 is 9.13 Å². The fourth-order valence-corrected chi connectivity index (χ4v) is 4.33. The normalized spacial score (nSPS) is 14.2. The number of piperazine rings is 1. The van der Waals surface area contributed by atoms with E-state index in [0.29, 0.717) is 16.7 Å². The van der Waals surface area contributed by atoms with Crippen LogP contribution < -0.4 is 15.0 Å². The molecule has 0 unspecified atom stereocenters. The Balaban J connectivity index is 1.34. The van der Waals surface area contributed by atoms with E-state index in [4.69, 9.17) is 4.74 Å². The van der Waals surface area contributed by atoms with E-state index in [1.807, 2.05) is 19.1 Å². The Morgan fingerprint density at radius 3 is 2.60 bits per heavy atom. The van der Waals surface area contributed by atoms with Crippen molar-refractivity contribution in [2.45, 2.75) is 13.8 Å². The van der Waals surface area contributed by atoms with Crippen molar-refractivity contribution >= 4 is 28.1 Å². The Labute approximate surface area is 203 Å². The SMILES string of the molecule is CCN1CCN(c2ccc(Nc3ncnc(Oc4ccc5[nH]c(C)cc5c4F)c3C#N)cc2)CC1. The highest BCUT2D eigenvalue weighted by molar-refractivity contribution is 5.83. The van der Waals surface area contributed by atoms with E-state index in [2.05, 4.69) is 55.2 Å². The van der Waals surface area contributed by atoms with Crippen molar-refractivity contribution in [1.82, 2.24) is 19.9 Å². The maximum atomic E-state index is 15.0. The average Bonchev–Trinajstić information content (AvgIpc) is 3.28. The number of anilines is 3. The first-order valence-electron chi connectivity index (χ1n) is 11.6. The van der Waals surface area contributed by atoms with Crippen LogP contribution in [0.5, 0.6) is 11.6 Å². The van der Waals surface area contributed by atoms with E-state index >= 15 is 0 Å². The van der Waals surface area contributed by atoms with Crippen molar-refractivity contribution in [3.05, 3.63) is 65.9 Å². The Morgan fingerprint density at radius 1 is 1.11 bits per heavy atom. The molecule has 9 heteroatoms. The van der Waals surface area contributed by atoms with Gasteiger partial charge in [-0.25, -0.2) is 14.4 Å². The number of halogens is 1. The first-order valence-corrected chi connectivity index (χ1v) is 11.6. The summed E-state index contributed by atoms with van der Waals surface area (Å²) >= 11 is 0. The minimum Gasteiger partial charge on any atom is -0.434 e. The second-order valence-electron chi connectivity index (χ2n) is 8.50. The Bertz CT molecular complexity index is 1390. The highest BCUT2D eigenvalue weighted by Gasteiger charge is 2.18. The molecule has 4 aromatic rings. The third-order valence-electron chi connectivity index (χ3n) is 6.28. The lowest BCUT2D eigenvalue weighted by Gasteiger charge is -2.35. The van der Waals surface area contributed by atoms with Gasteiger partial charge in [-0.2, -0.15) is 5.26 Å². The third-order valence-corrected chi connectivity index (χ3v) is 6.28. The summed E-state index contributed by atoms with van der Waals surface area (Å²) in [5, 5.41) is 13.4. The van der Waals surface area contributed by atoms with E-state index in [0.717, 1.165) is 49.8 Å². The highest BCUT2D eigenvalue weighted by Crippen LogP contribution is 2.33. The Kier molecular flexibility index (Phi) is 6.21. The summed E-state index contributed by atoms with van der Waals surface area (Å²) in [4.78, 5) is 16.2. The van der Waals surface area contributed by atoms with Gasteiger partial charge < -0.3 is 24.8 Å². The van der Waals surface area contributed by atoms with Crippen LogP contribution in [0.1, 0.15) is 18.2 Å². The molecule has 2 N–H and O–H groups in total. The maximum Gasteiger partial charge on any atom is 0.242 e. The number of aryl methyl sites for hydroxylation is 1. The lowest BCUT2D eigenvalue weighted by atomic mass is 10.2. The molecule has 35 heavy (non-hydrogen) atoms. The van der Waals surface area contributed by atoms with Crippen LogP contribution in [-0.2, 0) is 0 Å². The van der Waals surface area contributed by atoms with E-state index < -0.39 is 5.82 Å². The number of benzene rings is 2. The standard InChI is InChI=1S/C26H26FN7O/c1-3-33-10-12-34(13-11-33)19-6-4-18(5-7-19)32-25-21(15-28)26(30-16-29-25)35-23-9-8-22-20(24(23)27)14-17(2)31-22/h4-9,14,16,31H,3,10-13H2,1-2H3,(H,29,30,32). The molecule has 1 aliphatic rings. The first-order chi connectivity index (χ1) is 17.1. The second-order valence-corrected chi connectivity index (χ2v) is 8.50. The molecule has 1 fully saturated rings. The summed E-state index contributed by atoms with van der Waals surface area (Å²) < 4.78 is 20.7. The highest BCUT2D eigenvalue weighted by atomic mass is 19.1. The van der Waals surface area contributed by atoms with Crippen LogP contribution in [0.2, 0.25) is 0 Å². The number of rotatable bonds is 6. The number of fused-ring (bicyclic) bond motifs is 1. The van der Waals surface area contributed by atoms with Crippen LogP contribution in [0.4, 0.5) is 21.6 Å². The zero-order valence-corrected chi connectivity index (χ0v) is 19.7. The molecule has 0 atom stereocenters. The van der Waals surface area contributed by atoms with Gasteiger partial charge in [-0.05, 0) is 55.9 Å². The molecule has 2 aromatic heterocycles. The van der Waals surface area contributed by atoms with Gasteiger partial charge in [0, 0.05) is 54.2 Å². The number of nitriles is 1. The van der Waals surface area contributed by atoms with E-state index in [1.165, 1.54) is 12.4 Å². The first kappa shape index (κ1) is 22.6. The van der Waals surface area contributed by atoms with E-state index in [-0.39, 0.29) is 17.2 Å². The number of nitrogens with one attached hydrogen (secondary N) is 2. The largest absolute Gasteiger partial charge is 0.434 e. The zero-order valence-electron chi connectivity index (χ0n) is 19.7. The van der Waals surface area contributed by atoms with Crippen LogP contribution in [0.25, 0.3) is 10.9 Å². The summed E-state index contributed by atoms with van der Waals surface area (Å²) in [6.45, 7) is 9.23. The average molecular weight is 472 g/mol. The molecule has 0 saturated carbocycles. The number of H-pyrrole nitrogens is 1. The van der Waals surface area contributed by atoms with Gasteiger partial charge in [0.2, 0.25) is 5.88 Å². The molecule has 0 aliphatic carbocycles. The van der Waals surface area contributed by atoms with Crippen LogP contribution in [-0.4, -0.2) is 52.6 Å². The summed E-state index contributed by atoms with van der Waals surface area (Å²) in [5.41, 5.74) is 3.55. The van der Waals surface area contributed by atoms with Gasteiger partial charge in [0.1, 0.15) is 12.4 Å². The molecule has 0 bridgehead atoms. The van der Waals surface area contributed by atoms with Crippen molar-refractivity contribution in [2.24, 2.45) is 0 Å². The molecule has 0 spiro atoms. The molecule has 5 rings (SSSR count). The van der Waals surface area contributed by atoms with Crippen LogP contribution in [0.15, 0.2) is 48.8 Å². The Morgan fingerprint density at radius 2 is 1.89 bits per heavy atom. The fraction of sp³-hybridized carbons (Fsp3) is 0.269. The second kappa shape index (κ2) is 9.60. The van der Waals surface area contributed by atoms with Gasteiger partial charge in [0.25, 0.3) is 0 Å². The molecule has 0 amide bonds. The van der Waals surface area contributed by atoms with Crippen molar-refractivity contribution in [3.63, 3.8) is 0 Å². The molecule has 1 saturated heterocycles.